The molecule has 3 aromatic rings. The lowest BCUT2D eigenvalue weighted by atomic mass is 9.83. The van der Waals surface area contributed by atoms with Crippen molar-refractivity contribution in [2.45, 2.75) is 51.7 Å². The molecule has 3 aromatic carbocycles. The molecule has 0 radical (unpaired) electrons. The molecule has 3 rings (SSSR count). The van der Waals surface area contributed by atoms with Crippen LogP contribution < -0.4 is 36.7 Å². The van der Waals surface area contributed by atoms with Gasteiger partial charge in [-0.05, 0) is 54.4 Å². The van der Waals surface area contributed by atoms with Gasteiger partial charge in [0.15, 0.2) is 11.5 Å². The van der Waals surface area contributed by atoms with Gasteiger partial charge < -0.3 is 35.7 Å². The smallest absolute Gasteiger partial charge is 0.253 e. The van der Waals surface area contributed by atoms with Crippen LogP contribution in [0.1, 0.15) is 37.8 Å². The average Bonchev–Trinajstić information content (AvgIpc) is 2.98. The van der Waals surface area contributed by atoms with Gasteiger partial charge in [-0.25, -0.2) is 0 Å². The van der Waals surface area contributed by atoms with E-state index in [1.807, 2.05) is 48.5 Å². The quantitative estimate of drug-likeness (QED) is 0.127. The number of hydrogen-bond acceptors (Lipinski definition) is 9. The second kappa shape index (κ2) is 16.1. The van der Waals surface area contributed by atoms with Gasteiger partial charge in [0, 0.05) is 39.3 Å². The molecule has 0 heterocycles. The zero-order valence-electron chi connectivity index (χ0n) is 24.7. The number of methoxy groups -OCH3 is 2. The van der Waals surface area contributed by atoms with Crippen LogP contribution in [0, 0.1) is 11.8 Å². The minimum Gasteiger partial charge on any atom is -0.493 e. The van der Waals surface area contributed by atoms with E-state index >= 15 is 0 Å². The number of hydrogen-bond donors (Lipinski definition) is 4. The first-order chi connectivity index (χ1) is 19.7. The molecular formula is C32H45N3O6. The Labute approximate surface area is 242 Å². The molecule has 0 fully saturated rings. The molecule has 0 aliphatic carbocycles. The lowest BCUT2D eigenvalue weighted by Gasteiger charge is -2.28. The monoisotopic (exact) mass is 567 g/mol. The van der Waals surface area contributed by atoms with Crippen molar-refractivity contribution < 1.29 is 19.3 Å². The van der Waals surface area contributed by atoms with Gasteiger partial charge in [0.25, 0.3) is 10.9 Å². The van der Waals surface area contributed by atoms with Crippen LogP contribution in [0.15, 0.2) is 58.1 Å². The fraction of sp³-hybridized carbons (Fsp3) is 0.500. The van der Waals surface area contributed by atoms with E-state index in [1.54, 1.807) is 14.2 Å². The Morgan fingerprint density at radius 2 is 1.61 bits per heavy atom. The van der Waals surface area contributed by atoms with E-state index in [4.69, 9.17) is 19.9 Å². The molecule has 0 saturated carbocycles. The molecule has 0 aliphatic rings. The lowest BCUT2D eigenvalue weighted by Crippen LogP contribution is -2.44. The number of ether oxygens (including phenoxy) is 3. The Bertz CT molecular complexity index is 1270. The number of rotatable bonds is 19. The number of aliphatic hydroxyl groups is 1. The van der Waals surface area contributed by atoms with Crippen LogP contribution in [-0.2, 0) is 17.6 Å². The van der Waals surface area contributed by atoms with Crippen molar-refractivity contribution in [2.75, 3.05) is 51.2 Å². The summed E-state index contributed by atoms with van der Waals surface area (Å²) in [5, 5.41) is 16.8. The van der Waals surface area contributed by atoms with Gasteiger partial charge in [-0.15, -0.1) is 0 Å². The predicted molar refractivity (Wildman–Crippen MR) is 164 cm³/mol. The second-order valence-corrected chi connectivity index (χ2v) is 10.8. The van der Waals surface area contributed by atoms with E-state index in [9.17, 15) is 14.7 Å². The summed E-state index contributed by atoms with van der Waals surface area (Å²) in [6.07, 6.45) is 1.95. The van der Waals surface area contributed by atoms with Gasteiger partial charge in [0.05, 0.1) is 19.8 Å². The summed E-state index contributed by atoms with van der Waals surface area (Å²) in [6, 6.07) is 15.3. The molecule has 0 aromatic heterocycles. The maximum Gasteiger partial charge on any atom is 0.253 e. The highest BCUT2D eigenvalue weighted by Gasteiger charge is 2.25. The Balaban J connectivity index is 1.54. The predicted octanol–water partition coefficient (Wildman–Crippen LogP) is 3.37. The van der Waals surface area contributed by atoms with Crippen LogP contribution in [0.5, 0.6) is 11.5 Å². The van der Waals surface area contributed by atoms with Crippen molar-refractivity contribution in [1.29, 1.82) is 0 Å². The van der Waals surface area contributed by atoms with Crippen LogP contribution in [0.2, 0.25) is 0 Å². The van der Waals surface area contributed by atoms with E-state index in [1.165, 1.54) is 0 Å². The van der Waals surface area contributed by atoms with E-state index in [0.717, 1.165) is 30.4 Å². The summed E-state index contributed by atoms with van der Waals surface area (Å²) in [4.78, 5) is 24.3. The fourth-order valence-corrected chi connectivity index (χ4v) is 4.81. The Morgan fingerprint density at radius 3 is 2.27 bits per heavy atom. The Hall–Kier alpha value is -3.40. The molecule has 3 atom stereocenters. The lowest BCUT2D eigenvalue weighted by molar-refractivity contribution is 0.137. The van der Waals surface area contributed by atoms with Crippen LogP contribution >= 0.6 is 0 Å². The minimum absolute atomic E-state index is 0.0756. The van der Waals surface area contributed by atoms with Crippen LogP contribution in [-0.4, -0.2) is 57.8 Å². The zero-order valence-corrected chi connectivity index (χ0v) is 24.7. The number of anilines is 2. The second-order valence-electron chi connectivity index (χ2n) is 10.8. The third-order valence-corrected chi connectivity index (χ3v) is 7.44. The number of benzene rings is 2. The van der Waals surface area contributed by atoms with Crippen molar-refractivity contribution in [1.82, 2.24) is 0 Å². The van der Waals surface area contributed by atoms with Gasteiger partial charge in [-0.3, -0.25) is 9.59 Å². The highest BCUT2D eigenvalue weighted by Crippen LogP contribution is 2.31. The molecular weight excluding hydrogens is 522 g/mol. The van der Waals surface area contributed by atoms with E-state index < -0.39 is 23.0 Å². The molecule has 41 heavy (non-hydrogen) atoms. The molecule has 0 saturated heterocycles. The summed E-state index contributed by atoms with van der Waals surface area (Å²) in [6.45, 7) is 6.04. The maximum absolute atomic E-state index is 12.2. The molecule has 9 nitrogen and oxygen atoms in total. The van der Waals surface area contributed by atoms with Crippen LogP contribution in [0.3, 0.4) is 0 Å². The summed E-state index contributed by atoms with van der Waals surface area (Å²) in [7, 11) is 3.29. The summed E-state index contributed by atoms with van der Waals surface area (Å²) in [5.74, 6) is 1.90. The highest BCUT2D eigenvalue weighted by molar-refractivity contribution is 5.74. The highest BCUT2D eigenvalue weighted by atomic mass is 16.5. The molecule has 9 heteroatoms. The van der Waals surface area contributed by atoms with E-state index in [2.05, 4.69) is 24.5 Å². The van der Waals surface area contributed by atoms with Crippen molar-refractivity contribution in [2.24, 2.45) is 17.6 Å². The van der Waals surface area contributed by atoms with E-state index in [-0.39, 0.29) is 23.8 Å². The number of nitrogens with two attached hydrogens (primary N) is 1. The van der Waals surface area contributed by atoms with Crippen LogP contribution in [0.25, 0.3) is 0 Å². The number of nitrogens with one attached hydrogen (secondary N) is 2. The van der Waals surface area contributed by atoms with Crippen molar-refractivity contribution in [3.05, 3.63) is 80.1 Å². The molecule has 0 spiro atoms. The number of aliphatic hydroxyl groups excluding tert-OH is 1. The maximum atomic E-state index is 12.2. The van der Waals surface area contributed by atoms with E-state index in [0.29, 0.717) is 43.6 Å². The SMILES string of the molecule is COCCCOc1cc(C[C@@H](C[C@H](N)[C@@H](O)CNc2c(NCCc3ccccc3)c(=O)c2=O)C(C)C)ccc1OC. The van der Waals surface area contributed by atoms with Crippen LogP contribution in [0.4, 0.5) is 11.4 Å². The fourth-order valence-electron chi connectivity index (χ4n) is 4.81. The summed E-state index contributed by atoms with van der Waals surface area (Å²) in [5.41, 5.74) is 8.04. The molecule has 5 N–H and O–H groups in total. The van der Waals surface area contributed by atoms with Gasteiger partial charge in [0.2, 0.25) is 0 Å². The molecule has 0 unspecified atom stereocenters. The van der Waals surface area contributed by atoms with Gasteiger partial charge >= 0.3 is 0 Å². The molecule has 0 amide bonds. The third kappa shape index (κ3) is 9.31. The first-order valence-electron chi connectivity index (χ1n) is 14.3. The first kappa shape index (κ1) is 32.1. The Kier molecular flexibility index (Phi) is 12.6. The topological polar surface area (TPSA) is 132 Å². The van der Waals surface area contributed by atoms with Crippen molar-refractivity contribution >= 4 is 11.4 Å². The summed E-state index contributed by atoms with van der Waals surface area (Å²) >= 11 is 0. The third-order valence-electron chi connectivity index (χ3n) is 7.44. The van der Waals surface area contributed by atoms with Gasteiger partial charge in [-0.2, -0.15) is 0 Å². The normalized spacial score (nSPS) is 13.6. The molecule has 0 aliphatic heterocycles. The Morgan fingerprint density at radius 1 is 0.902 bits per heavy atom. The summed E-state index contributed by atoms with van der Waals surface area (Å²) < 4.78 is 16.5. The minimum atomic E-state index is -0.895. The molecule has 224 valence electrons. The standard InChI is InChI=1S/C32H45N3O6/c1-21(2)24(17-23-11-12-27(40-4)28(18-23)41-16-8-15-39-3)19-25(33)26(36)20-35-30-29(31(37)32(30)38)34-14-13-22-9-6-5-7-10-22/h5-7,9-12,18,21,24-26,34-36H,8,13-17,19-20,33H2,1-4H3/t24-,25-,26-/m0/s1. The van der Waals surface area contributed by atoms with Crippen molar-refractivity contribution in [3.8, 4) is 11.5 Å². The largest absolute Gasteiger partial charge is 0.493 e. The van der Waals surface area contributed by atoms with Gasteiger partial charge in [-0.1, -0.05) is 50.2 Å². The van der Waals surface area contributed by atoms with Gasteiger partial charge in [0.1, 0.15) is 11.4 Å². The zero-order chi connectivity index (χ0) is 29.8. The average molecular weight is 568 g/mol. The molecule has 0 bridgehead atoms. The first-order valence-corrected chi connectivity index (χ1v) is 14.3. The van der Waals surface area contributed by atoms with Crippen molar-refractivity contribution in [3.63, 3.8) is 0 Å².